The molecule has 0 aliphatic heterocycles. The SMILES string of the molecule is C/C=C\C1=C(CCC)CCCC1N.CC. The van der Waals surface area contributed by atoms with Crippen molar-refractivity contribution in [1.82, 2.24) is 0 Å². The largest absolute Gasteiger partial charge is 0.324 e. The van der Waals surface area contributed by atoms with Crippen LogP contribution in [0.15, 0.2) is 23.3 Å². The van der Waals surface area contributed by atoms with E-state index >= 15 is 0 Å². The number of hydrogen-bond acceptors (Lipinski definition) is 1. The van der Waals surface area contributed by atoms with Crippen LogP contribution in [-0.2, 0) is 0 Å². The molecule has 0 saturated heterocycles. The third kappa shape index (κ3) is 4.65. The molecule has 1 rings (SSSR count). The zero-order valence-electron chi connectivity index (χ0n) is 10.8. The van der Waals surface area contributed by atoms with E-state index in [0.29, 0.717) is 6.04 Å². The van der Waals surface area contributed by atoms with E-state index in [2.05, 4.69) is 26.0 Å². The lowest BCUT2D eigenvalue weighted by molar-refractivity contribution is 0.587. The van der Waals surface area contributed by atoms with Gasteiger partial charge < -0.3 is 5.73 Å². The average Bonchev–Trinajstić information content (AvgIpc) is 2.26. The quantitative estimate of drug-likeness (QED) is 0.741. The number of nitrogens with two attached hydrogens (primary N) is 1. The lowest BCUT2D eigenvalue weighted by atomic mass is 9.86. The summed E-state index contributed by atoms with van der Waals surface area (Å²) in [4.78, 5) is 0. The number of rotatable bonds is 3. The summed E-state index contributed by atoms with van der Waals surface area (Å²) in [5, 5.41) is 0. The van der Waals surface area contributed by atoms with Crippen molar-refractivity contribution in [3.8, 4) is 0 Å². The van der Waals surface area contributed by atoms with Gasteiger partial charge in [-0.25, -0.2) is 0 Å². The van der Waals surface area contributed by atoms with Crippen LogP contribution in [0.2, 0.25) is 0 Å². The molecule has 0 fully saturated rings. The van der Waals surface area contributed by atoms with E-state index in [9.17, 15) is 0 Å². The number of allylic oxidation sites excluding steroid dienone is 2. The fourth-order valence-corrected chi connectivity index (χ4v) is 2.09. The van der Waals surface area contributed by atoms with Gasteiger partial charge in [0.25, 0.3) is 0 Å². The molecule has 0 bridgehead atoms. The molecule has 15 heavy (non-hydrogen) atoms. The van der Waals surface area contributed by atoms with E-state index in [0.717, 1.165) is 6.42 Å². The molecule has 0 heterocycles. The molecule has 1 aliphatic rings. The van der Waals surface area contributed by atoms with Crippen molar-refractivity contribution < 1.29 is 0 Å². The van der Waals surface area contributed by atoms with Crippen LogP contribution in [0.3, 0.4) is 0 Å². The molecular formula is C14H27N. The van der Waals surface area contributed by atoms with Crippen LogP contribution in [0.4, 0.5) is 0 Å². The minimum atomic E-state index is 0.298. The zero-order valence-corrected chi connectivity index (χ0v) is 10.8. The fraction of sp³-hybridized carbons (Fsp3) is 0.714. The fourth-order valence-electron chi connectivity index (χ4n) is 2.09. The Morgan fingerprint density at radius 2 is 2.07 bits per heavy atom. The van der Waals surface area contributed by atoms with E-state index < -0.39 is 0 Å². The highest BCUT2D eigenvalue weighted by Crippen LogP contribution is 2.27. The summed E-state index contributed by atoms with van der Waals surface area (Å²) in [5.41, 5.74) is 9.09. The average molecular weight is 209 g/mol. The summed E-state index contributed by atoms with van der Waals surface area (Å²) in [5.74, 6) is 0. The van der Waals surface area contributed by atoms with Crippen LogP contribution in [0, 0.1) is 0 Å². The molecule has 0 spiro atoms. The molecule has 1 nitrogen and oxygen atoms in total. The van der Waals surface area contributed by atoms with E-state index in [1.54, 1.807) is 5.57 Å². The van der Waals surface area contributed by atoms with Gasteiger partial charge in [-0.3, -0.25) is 0 Å². The topological polar surface area (TPSA) is 26.0 Å². The van der Waals surface area contributed by atoms with Crippen LogP contribution in [0.25, 0.3) is 0 Å². The maximum absolute atomic E-state index is 6.08. The van der Waals surface area contributed by atoms with Crippen LogP contribution >= 0.6 is 0 Å². The highest BCUT2D eigenvalue weighted by Gasteiger charge is 2.16. The lowest BCUT2D eigenvalue weighted by Crippen LogP contribution is -2.26. The molecule has 0 radical (unpaired) electrons. The Morgan fingerprint density at radius 3 is 2.60 bits per heavy atom. The van der Waals surface area contributed by atoms with Crippen molar-refractivity contribution in [2.45, 2.75) is 65.8 Å². The Balaban J connectivity index is 0.000000921. The predicted octanol–water partition coefficient (Wildman–Crippen LogP) is 4.20. The molecule has 0 saturated carbocycles. The second kappa shape index (κ2) is 8.72. The molecule has 0 aromatic carbocycles. The second-order valence-corrected chi connectivity index (χ2v) is 3.81. The van der Waals surface area contributed by atoms with Gasteiger partial charge in [0.05, 0.1) is 0 Å². The molecule has 1 unspecified atom stereocenters. The third-order valence-electron chi connectivity index (χ3n) is 2.70. The molecule has 0 aromatic heterocycles. The van der Waals surface area contributed by atoms with Crippen molar-refractivity contribution in [3.63, 3.8) is 0 Å². The highest BCUT2D eigenvalue weighted by atomic mass is 14.6. The van der Waals surface area contributed by atoms with Crippen molar-refractivity contribution in [1.29, 1.82) is 0 Å². The molecule has 0 amide bonds. The number of hydrogen-bond donors (Lipinski definition) is 1. The summed E-state index contributed by atoms with van der Waals surface area (Å²) in [6.45, 7) is 8.30. The Morgan fingerprint density at radius 1 is 1.40 bits per heavy atom. The van der Waals surface area contributed by atoms with Crippen LogP contribution < -0.4 is 5.73 Å². The van der Waals surface area contributed by atoms with Crippen molar-refractivity contribution in [2.75, 3.05) is 0 Å². The molecule has 1 aliphatic carbocycles. The van der Waals surface area contributed by atoms with Crippen molar-refractivity contribution >= 4 is 0 Å². The van der Waals surface area contributed by atoms with E-state index in [1.165, 1.54) is 31.3 Å². The van der Waals surface area contributed by atoms with Crippen molar-refractivity contribution in [3.05, 3.63) is 23.3 Å². The Kier molecular flexibility index (Phi) is 8.40. The maximum atomic E-state index is 6.08. The monoisotopic (exact) mass is 209 g/mol. The molecule has 88 valence electrons. The Bertz CT molecular complexity index is 213. The van der Waals surface area contributed by atoms with Gasteiger partial charge in [-0.05, 0) is 38.2 Å². The predicted molar refractivity (Wildman–Crippen MR) is 69.9 cm³/mol. The Hall–Kier alpha value is -0.560. The minimum Gasteiger partial charge on any atom is -0.324 e. The van der Waals surface area contributed by atoms with Gasteiger partial charge in [-0.2, -0.15) is 0 Å². The standard InChI is InChI=1S/C12H21N.C2H6/c1-3-6-10-8-5-9-12(13)11(10)7-4-2;1-2/h4,7,12H,3,5-6,8-9,13H2,1-2H3;1-2H3/b7-4-;. The zero-order chi connectivity index (χ0) is 11.7. The molecule has 0 aromatic rings. The van der Waals surface area contributed by atoms with E-state index in [-0.39, 0.29) is 0 Å². The lowest BCUT2D eigenvalue weighted by Gasteiger charge is -2.24. The van der Waals surface area contributed by atoms with E-state index in [4.69, 9.17) is 5.73 Å². The normalized spacial score (nSPS) is 21.5. The van der Waals surface area contributed by atoms with Crippen LogP contribution in [0.1, 0.15) is 59.8 Å². The molecule has 1 heteroatoms. The van der Waals surface area contributed by atoms with Gasteiger partial charge in [0, 0.05) is 6.04 Å². The summed E-state index contributed by atoms with van der Waals surface area (Å²) >= 11 is 0. The third-order valence-corrected chi connectivity index (χ3v) is 2.70. The smallest absolute Gasteiger partial charge is 0.0294 e. The summed E-state index contributed by atoms with van der Waals surface area (Å²) in [6, 6.07) is 0.298. The van der Waals surface area contributed by atoms with E-state index in [1.807, 2.05) is 13.8 Å². The van der Waals surface area contributed by atoms with Gasteiger partial charge in [0.15, 0.2) is 0 Å². The Labute approximate surface area is 95.4 Å². The first kappa shape index (κ1) is 14.4. The summed E-state index contributed by atoms with van der Waals surface area (Å²) in [6.07, 6.45) is 10.5. The van der Waals surface area contributed by atoms with Gasteiger partial charge in [-0.1, -0.05) is 44.9 Å². The summed E-state index contributed by atoms with van der Waals surface area (Å²) < 4.78 is 0. The van der Waals surface area contributed by atoms with Crippen LogP contribution in [0.5, 0.6) is 0 Å². The van der Waals surface area contributed by atoms with Gasteiger partial charge in [0.1, 0.15) is 0 Å². The molecule has 1 atom stereocenters. The van der Waals surface area contributed by atoms with Crippen LogP contribution in [-0.4, -0.2) is 6.04 Å². The second-order valence-electron chi connectivity index (χ2n) is 3.81. The van der Waals surface area contributed by atoms with Gasteiger partial charge >= 0.3 is 0 Å². The molecule has 2 N–H and O–H groups in total. The van der Waals surface area contributed by atoms with Gasteiger partial charge in [0.2, 0.25) is 0 Å². The van der Waals surface area contributed by atoms with Gasteiger partial charge in [-0.15, -0.1) is 0 Å². The first-order valence-corrected chi connectivity index (χ1v) is 6.39. The minimum absolute atomic E-state index is 0.298. The first-order chi connectivity index (χ1) is 7.29. The summed E-state index contributed by atoms with van der Waals surface area (Å²) in [7, 11) is 0. The maximum Gasteiger partial charge on any atom is 0.0294 e. The highest BCUT2D eigenvalue weighted by molar-refractivity contribution is 5.32. The first-order valence-electron chi connectivity index (χ1n) is 6.39. The van der Waals surface area contributed by atoms with Crippen molar-refractivity contribution in [2.24, 2.45) is 5.73 Å². The molecular weight excluding hydrogens is 182 g/mol.